The van der Waals surface area contributed by atoms with Crippen molar-refractivity contribution in [1.82, 2.24) is 0 Å². The summed E-state index contributed by atoms with van der Waals surface area (Å²) in [4.78, 5) is -0.177. The molecule has 0 unspecified atom stereocenters. The van der Waals surface area contributed by atoms with Crippen molar-refractivity contribution in [3.63, 3.8) is 0 Å². The number of rotatable bonds is 4. The second kappa shape index (κ2) is 7.19. The summed E-state index contributed by atoms with van der Waals surface area (Å²) in [5.74, 6) is -0.301. The summed E-state index contributed by atoms with van der Waals surface area (Å²) >= 11 is 0. The molecule has 0 saturated heterocycles. The quantitative estimate of drug-likeness (QED) is 0.670. The number of hydrogen-bond donors (Lipinski definition) is 2. The van der Waals surface area contributed by atoms with Crippen LogP contribution in [0.3, 0.4) is 0 Å². The van der Waals surface area contributed by atoms with E-state index >= 15 is 0 Å². The SMILES string of the molecule is O=S(=O)(O)c1ccc(NCc2ccccc2F)cc1.[NaH]. The van der Waals surface area contributed by atoms with Crippen LogP contribution < -0.4 is 5.32 Å². The zero-order valence-corrected chi connectivity index (χ0v) is 10.7. The van der Waals surface area contributed by atoms with Crippen molar-refractivity contribution in [3.05, 3.63) is 59.9 Å². The van der Waals surface area contributed by atoms with Gasteiger partial charge in [0.1, 0.15) is 5.82 Å². The van der Waals surface area contributed by atoms with Gasteiger partial charge in [-0.1, -0.05) is 18.2 Å². The number of nitrogens with one attached hydrogen (secondary N) is 1. The number of halogens is 1. The molecule has 0 spiro atoms. The molecule has 2 N–H and O–H groups in total. The van der Waals surface area contributed by atoms with Crippen molar-refractivity contribution in [2.75, 3.05) is 5.32 Å². The van der Waals surface area contributed by atoms with Crippen LogP contribution in [-0.4, -0.2) is 42.5 Å². The molecule has 0 bridgehead atoms. The first-order valence-electron chi connectivity index (χ1n) is 5.51. The maximum atomic E-state index is 13.4. The van der Waals surface area contributed by atoms with E-state index in [1.54, 1.807) is 18.2 Å². The van der Waals surface area contributed by atoms with Crippen LogP contribution in [0.25, 0.3) is 0 Å². The second-order valence-electron chi connectivity index (χ2n) is 3.94. The molecule has 0 saturated carbocycles. The van der Waals surface area contributed by atoms with Gasteiger partial charge in [0.2, 0.25) is 0 Å². The van der Waals surface area contributed by atoms with Crippen LogP contribution >= 0.6 is 0 Å². The van der Waals surface area contributed by atoms with Gasteiger partial charge in [-0.15, -0.1) is 0 Å². The van der Waals surface area contributed by atoms with Crippen LogP contribution in [0.2, 0.25) is 0 Å². The van der Waals surface area contributed by atoms with Gasteiger partial charge in [-0.3, -0.25) is 4.55 Å². The Hall–Kier alpha value is -0.920. The first kappa shape index (κ1) is 17.1. The van der Waals surface area contributed by atoms with E-state index in [1.165, 1.54) is 30.3 Å². The average molecular weight is 305 g/mol. The summed E-state index contributed by atoms with van der Waals surface area (Å²) in [5.41, 5.74) is 1.15. The van der Waals surface area contributed by atoms with Crippen molar-refractivity contribution in [2.24, 2.45) is 0 Å². The number of anilines is 1. The monoisotopic (exact) mass is 305 g/mol. The Balaban J connectivity index is 0.00000200. The molecule has 4 nitrogen and oxygen atoms in total. The molecule has 2 aromatic carbocycles. The third kappa shape index (κ3) is 4.57. The van der Waals surface area contributed by atoms with Gasteiger partial charge in [0.05, 0.1) is 4.90 Å². The molecule has 0 heterocycles. The van der Waals surface area contributed by atoms with Crippen LogP contribution in [0.4, 0.5) is 10.1 Å². The molecule has 0 atom stereocenters. The molecule has 7 heteroatoms. The van der Waals surface area contributed by atoms with Gasteiger partial charge in [-0.2, -0.15) is 8.42 Å². The van der Waals surface area contributed by atoms with Crippen molar-refractivity contribution < 1.29 is 17.4 Å². The molecule has 0 aliphatic carbocycles. The molecular formula is C13H13FNNaO3S. The predicted molar refractivity (Wildman–Crippen MR) is 77.1 cm³/mol. The molecule has 0 aromatic heterocycles. The molecule has 102 valence electrons. The fourth-order valence-corrected chi connectivity index (χ4v) is 2.06. The van der Waals surface area contributed by atoms with Gasteiger partial charge in [0.15, 0.2) is 0 Å². The number of benzene rings is 2. The third-order valence-corrected chi connectivity index (χ3v) is 3.46. The van der Waals surface area contributed by atoms with Crippen molar-refractivity contribution in [2.45, 2.75) is 11.4 Å². The second-order valence-corrected chi connectivity index (χ2v) is 5.37. The minimum atomic E-state index is -4.18. The first-order valence-corrected chi connectivity index (χ1v) is 6.95. The van der Waals surface area contributed by atoms with E-state index in [9.17, 15) is 12.8 Å². The molecule has 0 aliphatic heterocycles. The molecule has 0 amide bonds. The van der Waals surface area contributed by atoms with Gasteiger partial charge in [0, 0.05) is 17.8 Å². The summed E-state index contributed by atoms with van der Waals surface area (Å²) in [5, 5.41) is 2.96. The fraction of sp³-hybridized carbons (Fsp3) is 0.0769. The Morgan fingerprint density at radius 1 is 1.05 bits per heavy atom. The normalized spacial score (nSPS) is 10.7. The van der Waals surface area contributed by atoms with E-state index in [1.807, 2.05) is 0 Å². The molecule has 20 heavy (non-hydrogen) atoms. The topological polar surface area (TPSA) is 66.4 Å². The summed E-state index contributed by atoms with van der Waals surface area (Å²) < 4.78 is 43.9. The van der Waals surface area contributed by atoms with Gasteiger partial charge >= 0.3 is 29.6 Å². The summed E-state index contributed by atoms with van der Waals surface area (Å²) in [6.07, 6.45) is 0. The Morgan fingerprint density at radius 3 is 2.20 bits per heavy atom. The van der Waals surface area contributed by atoms with Crippen molar-refractivity contribution >= 4 is 45.4 Å². The predicted octanol–water partition coefficient (Wildman–Crippen LogP) is 2.04. The van der Waals surface area contributed by atoms with E-state index < -0.39 is 10.1 Å². The molecular weight excluding hydrogens is 292 g/mol. The van der Waals surface area contributed by atoms with Crippen LogP contribution in [0, 0.1) is 5.82 Å². The van der Waals surface area contributed by atoms with E-state index in [0.29, 0.717) is 11.3 Å². The zero-order valence-electron chi connectivity index (χ0n) is 9.88. The molecule has 0 radical (unpaired) electrons. The Labute approximate surface area is 139 Å². The Morgan fingerprint density at radius 2 is 1.65 bits per heavy atom. The molecule has 2 rings (SSSR count). The third-order valence-electron chi connectivity index (χ3n) is 2.59. The standard InChI is InChI=1S/C13H12FNO3S.Na.H/c14-13-4-2-1-3-10(13)9-15-11-5-7-12(8-6-11)19(16,17)18;;/h1-8,15H,9H2,(H,16,17,18);;. The molecule has 0 aliphatic rings. The van der Waals surface area contributed by atoms with Gasteiger partial charge in [0.25, 0.3) is 10.1 Å². The van der Waals surface area contributed by atoms with Gasteiger partial charge in [-0.05, 0) is 30.3 Å². The van der Waals surface area contributed by atoms with E-state index in [-0.39, 0.29) is 46.8 Å². The van der Waals surface area contributed by atoms with Gasteiger partial charge < -0.3 is 5.32 Å². The van der Waals surface area contributed by atoms with Crippen LogP contribution in [-0.2, 0) is 16.7 Å². The Bertz CT molecular complexity index is 674. The van der Waals surface area contributed by atoms with Crippen LogP contribution in [0.1, 0.15) is 5.56 Å². The summed E-state index contributed by atoms with van der Waals surface area (Å²) in [6, 6.07) is 11.9. The maximum absolute atomic E-state index is 13.4. The summed E-state index contributed by atoms with van der Waals surface area (Å²) in [6.45, 7) is 0.290. The van der Waals surface area contributed by atoms with Crippen LogP contribution in [0.5, 0.6) is 0 Å². The average Bonchev–Trinajstić information content (AvgIpc) is 2.37. The molecule has 0 fully saturated rings. The van der Waals surface area contributed by atoms with Crippen molar-refractivity contribution in [1.29, 1.82) is 0 Å². The fourth-order valence-electron chi connectivity index (χ4n) is 1.58. The zero-order chi connectivity index (χ0) is 13.9. The summed E-state index contributed by atoms with van der Waals surface area (Å²) in [7, 11) is -4.18. The van der Waals surface area contributed by atoms with Gasteiger partial charge in [-0.25, -0.2) is 4.39 Å². The number of hydrogen-bond acceptors (Lipinski definition) is 3. The first-order chi connectivity index (χ1) is 8.97. The van der Waals surface area contributed by atoms with Crippen LogP contribution in [0.15, 0.2) is 53.4 Å². The minimum absolute atomic E-state index is 0. The van der Waals surface area contributed by atoms with Crippen molar-refractivity contribution in [3.8, 4) is 0 Å². The Kier molecular flexibility index (Phi) is 6.16. The van der Waals surface area contributed by atoms with E-state index in [0.717, 1.165) is 0 Å². The van der Waals surface area contributed by atoms with E-state index in [2.05, 4.69) is 5.32 Å². The molecule has 2 aromatic rings. The van der Waals surface area contributed by atoms with E-state index in [4.69, 9.17) is 4.55 Å².